The zero-order valence-electron chi connectivity index (χ0n) is 17.7. The number of benzene rings is 2. The van der Waals surface area contributed by atoms with Gasteiger partial charge in [-0.3, -0.25) is 19.0 Å². The van der Waals surface area contributed by atoms with E-state index < -0.39 is 5.97 Å². The minimum Gasteiger partial charge on any atom is -0.457 e. The van der Waals surface area contributed by atoms with Crippen molar-refractivity contribution in [2.45, 2.75) is 26.0 Å². The van der Waals surface area contributed by atoms with Crippen molar-refractivity contribution in [2.75, 3.05) is 13.1 Å². The Morgan fingerprint density at radius 2 is 1.82 bits per heavy atom. The largest absolute Gasteiger partial charge is 0.457 e. The van der Waals surface area contributed by atoms with Crippen molar-refractivity contribution in [2.24, 2.45) is 5.92 Å². The third-order valence-corrected chi connectivity index (χ3v) is 5.97. The van der Waals surface area contributed by atoms with Crippen LogP contribution in [0.2, 0.25) is 5.02 Å². The highest BCUT2D eigenvalue weighted by atomic mass is 35.5. The minimum atomic E-state index is -0.403. The Bertz CT molecular complexity index is 1290. The molecule has 8 nitrogen and oxygen atoms in total. The minimum absolute atomic E-state index is 0.0978. The van der Waals surface area contributed by atoms with Gasteiger partial charge in [0.15, 0.2) is 5.82 Å². The number of nitriles is 1. The first kappa shape index (κ1) is 22.5. The molecule has 0 unspecified atom stereocenters. The van der Waals surface area contributed by atoms with Gasteiger partial charge < -0.3 is 9.64 Å². The number of rotatable bonds is 5. The Hall–Kier alpha value is -3.70. The van der Waals surface area contributed by atoms with Gasteiger partial charge in [0.25, 0.3) is 11.5 Å². The van der Waals surface area contributed by atoms with Gasteiger partial charge in [0.1, 0.15) is 13.2 Å². The molecule has 33 heavy (non-hydrogen) atoms. The molecule has 1 aromatic heterocycles. The fourth-order valence-electron chi connectivity index (χ4n) is 3.90. The van der Waals surface area contributed by atoms with Gasteiger partial charge in [-0.15, -0.1) is 0 Å². The lowest BCUT2D eigenvalue weighted by Gasteiger charge is -2.31. The van der Waals surface area contributed by atoms with Gasteiger partial charge >= 0.3 is 5.97 Å². The molecule has 168 valence electrons. The fraction of sp³-hybridized carbons (Fsp3) is 0.292. The smallest absolute Gasteiger partial charge is 0.309 e. The van der Waals surface area contributed by atoms with E-state index in [2.05, 4.69) is 4.98 Å². The summed E-state index contributed by atoms with van der Waals surface area (Å²) in [6.45, 7) is 0.489. The zero-order chi connectivity index (χ0) is 23.4. The molecule has 2 heterocycles. The number of aromatic nitrogens is 2. The summed E-state index contributed by atoms with van der Waals surface area (Å²) in [6.07, 6.45) is 0.961. The predicted octanol–water partition coefficient (Wildman–Crippen LogP) is 3.17. The first-order valence-corrected chi connectivity index (χ1v) is 10.9. The highest BCUT2D eigenvalue weighted by Gasteiger charge is 2.29. The second-order valence-corrected chi connectivity index (χ2v) is 8.21. The number of fused-ring (bicyclic) bond motifs is 1. The summed E-state index contributed by atoms with van der Waals surface area (Å²) >= 11 is 5.88. The van der Waals surface area contributed by atoms with Gasteiger partial charge in [0.05, 0.1) is 22.9 Å². The SMILES string of the molecule is N#CCn1c(COC(=O)C2CCN(C(=O)c3ccc(Cl)cc3)CC2)nc2ccccc2c1=O. The van der Waals surface area contributed by atoms with E-state index in [1.807, 2.05) is 6.07 Å². The number of carbonyl (C=O) groups is 2. The second-order valence-electron chi connectivity index (χ2n) is 7.78. The number of likely N-dealkylation sites (tertiary alicyclic amines) is 1. The number of nitrogens with zero attached hydrogens (tertiary/aromatic N) is 4. The van der Waals surface area contributed by atoms with Gasteiger partial charge in [-0.2, -0.15) is 5.26 Å². The molecule has 0 bridgehead atoms. The van der Waals surface area contributed by atoms with Gasteiger partial charge in [0, 0.05) is 23.7 Å². The third kappa shape index (κ3) is 4.89. The summed E-state index contributed by atoms with van der Waals surface area (Å²) in [5.74, 6) is -0.626. The molecular formula is C24H21ClN4O4. The zero-order valence-corrected chi connectivity index (χ0v) is 18.5. The highest BCUT2D eigenvalue weighted by molar-refractivity contribution is 6.30. The number of carbonyl (C=O) groups excluding carboxylic acids is 2. The number of piperidine rings is 1. The van der Waals surface area contributed by atoms with Crippen LogP contribution in [-0.2, 0) is 22.7 Å². The molecule has 0 saturated carbocycles. The summed E-state index contributed by atoms with van der Waals surface area (Å²) < 4.78 is 6.69. The van der Waals surface area contributed by atoms with Crippen LogP contribution >= 0.6 is 11.6 Å². The molecule has 0 radical (unpaired) electrons. The van der Waals surface area contributed by atoms with E-state index in [1.54, 1.807) is 53.4 Å². The van der Waals surface area contributed by atoms with Crippen LogP contribution in [0.4, 0.5) is 0 Å². The maximum atomic E-state index is 12.7. The molecule has 0 N–H and O–H groups in total. The highest BCUT2D eigenvalue weighted by Crippen LogP contribution is 2.21. The van der Waals surface area contributed by atoms with Crippen LogP contribution < -0.4 is 5.56 Å². The molecule has 4 rings (SSSR count). The number of amides is 1. The predicted molar refractivity (Wildman–Crippen MR) is 121 cm³/mol. The van der Waals surface area contributed by atoms with Crippen molar-refractivity contribution < 1.29 is 14.3 Å². The molecule has 3 aromatic rings. The number of hydrogen-bond acceptors (Lipinski definition) is 6. The number of ether oxygens (including phenoxy) is 1. The van der Waals surface area contributed by atoms with E-state index in [-0.39, 0.29) is 36.4 Å². The Kier molecular flexibility index (Phi) is 6.71. The molecule has 9 heteroatoms. The molecule has 1 aliphatic heterocycles. The molecule has 0 aliphatic carbocycles. The maximum Gasteiger partial charge on any atom is 0.309 e. The number of esters is 1. The molecular weight excluding hydrogens is 444 g/mol. The van der Waals surface area contributed by atoms with Crippen LogP contribution in [0, 0.1) is 17.2 Å². The van der Waals surface area contributed by atoms with Gasteiger partial charge in [-0.25, -0.2) is 4.98 Å². The van der Waals surface area contributed by atoms with Crippen LogP contribution in [0.5, 0.6) is 0 Å². The second kappa shape index (κ2) is 9.84. The molecule has 1 saturated heterocycles. The Balaban J connectivity index is 1.39. The van der Waals surface area contributed by atoms with Crippen molar-refractivity contribution in [3.05, 3.63) is 75.3 Å². The summed E-state index contributed by atoms with van der Waals surface area (Å²) in [4.78, 5) is 44.1. The van der Waals surface area contributed by atoms with Crippen LogP contribution in [0.25, 0.3) is 10.9 Å². The van der Waals surface area contributed by atoms with Crippen molar-refractivity contribution >= 4 is 34.4 Å². The molecule has 1 aliphatic rings. The first-order valence-electron chi connectivity index (χ1n) is 10.5. The lowest BCUT2D eigenvalue weighted by atomic mass is 9.96. The number of hydrogen-bond donors (Lipinski definition) is 0. The fourth-order valence-corrected chi connectivity index (χ4v) is 4.03. The average molecular weight is 465 g/mol. The first-order chi connectivity index (χ1) is 16.0. The Labute approximate surface area is 195 Å². The molecule has 0 atom stereocenters. The van der Waals surface area contributed by atoms with E-state index in [0.717, 1.165) is 0 Å². The summed E-state index contributed by atoms with van der Waals surface area (Å²) in [5.41, 5.74) is 0.692. The summed E-state index contributed by atoms with van der Waals surface area (Å²) in [6, 6.07) is 15.5. The van der Waals surface area contributed by atoms with Crippen LogP contribution in [-0.4, -0.2) is 39.4 Å². The van der Waals surface area contributed by atoms with Crippen molar-refractivity contribution in [3.63, 3.8) is 0 Å². The number of halogens is 1. The monoisotopic (exact) mass is 464 g/mol. The van der Waals surface area contributed by atoms with E-state index in [1.165, 1.54) is 4.57 Å². The molecule has 0 spiro atoms. The van der Waals surface area contributed by atoms with Crippen molar-refractivity contribution in [1.82, 2.24) is 14.5 Å². The van der Waals surface area contributed by atoms with Crippen molar-refractivity contribution in [1.29, 1.82) is 5.26 Å². The molecule has 1 fully saturated rings. The van der Waals surface area contributed by atoms with E-state index >= 15 is 0 Å². The van der Waals surface area contributed by atoms with Crippen LogP contribution in [0.1, 0.15) is 29.0 Å². The van der Waals surface area contributed by atoms with E-state index in [9.17, 15) is 14.4 Å². The summed E-state index contributed by atoms with van der Waals surface area (Å²) in [7, 11) is 0. The van der Waals surface area contributed by atoms with Crippen LogP contribution in [0.3, 0.4) is 0 Å². The Morgan fingerprint density at radius 1 is 1.12 bits per heavy atom. The normalized spacial score (nSPS) is 14.1. The quantitative estimate of drug-likeness (QED) is 0.537. The Morgan fingerprint density at radius 3 is 2.52 bits per heavy atom. The van der Waals surface area contributed by atoms with Gasteiger partial charge in [-0.1, -0.05) is 23.7 Å². The van der Waals surface area contributed by atoms with E-state index in [0.29, 0.717) is 47.4 Å². The molecule has 2 aromatic carbocycles. The standard InChI is InChI=1S/C24H21ClN4O4/c25-18-7-5-16(6-8-18)22(30)28-12-9-17(10-13-28)24(32)33-15-21-27-20-4-2-1-3-19(20)23(31)29(21)14-11-26/h1-8,17H,9-10,12-15H2. The van der Waals surface area contributed by atoms with E-state index in [4.69, 9.17) is 21.6 Å². The summed E-state index contributed by atoms with van der Waals surface area (Å²) in [5, 5.41) is 10.1. The number of para-hydroxylation sites is 1. The lowest BCUT2D eigenvalue weighted by Crippen LogP contribution is -2.40. The van der Waals surface area contributed by atoms with Crippen LogP contribution in [0.15, 0.2) is 53.3 Å². The average Bonchev–Trinajstić information content (AvgIpc) is 2.84. The molecule has 1 amide bonds. The maximum absolute atomic E-state index is 12.7. The van der Waals surface area contributed by atoms with Gasteiger partial charge in [-0.05, 0) is 49.2 Å². The topological polar surface area (TPSA) is 105 Å². The third-order valence-electron chi connectivity index (χ3n) is 5.72. The van der Waals surface area contributed by atoms with Gasteiger partial charge in [0.2, 0.25) is 0 Å². The lowest BCUT2D eigenvalue weighted by molar-refractivity contribution is -0.151. The van der Waals surface area contributed by atoms with Crippen molar-refractivity contribution in [3.8, 4) is 6.07 Å².